The highest BCUT2D eigenvalue weighted by molar-refractivity contribution is 7.91. The monoisotopic (exact) mass is 842 g/mol. The van der Waals surface area contributed by atoms with Gasteiger partial charge in [-0.15, -0.1) is 0 Å². The molecule has 7 rings (SSSR count). The maximum atomic E-state index is 17.1. The first-order valence-corrected chi connectivity index (χ1v) is 22.3. The molecule has 2 aliphatic carbocycles. The molecule has 59 heavy (non-hydrogen) atoms. The molecule has 5 aliphatic rings. The lowest BCUT2D eigenvalue weighted by molar-refractivity contribution is -0.151. The molecule has 3 fully saturated rings. The van der Waals surface area contributed by atoms with E-state index in [1.807, 2.05) is 33.8 Å². The predicted octanol–water partition coefficient (Wildman–Crippen LogP) is 6.18. The molecular weight excluding hydrogens is 787 g/mol. The molecule has 0 radical (unpaired) electrons. The molecule has 1 aromatic carbocycles. The molecule has 5 atom stereocenters. The Balaban J connectivity index is 1.29. The van der Waals surface area contributed by atoms with Crippen LogP contribution < -0.4 is 19.5 Å². The molecule has 0 bridgehead atoms. The maximum absolute atomic E-state index is 17.1. The number of halogens is 2. The number of allylic oxidation sites excluding steroid dienone is 1. The van der Waals surface area contributed by atoms with Gasteiger partial charge in [-0.05, 0) is 75.5 Å². The number of methoxy groups -OCH3 is 1. The number of esters is 1. The van der Waals surface area contributed by atoms with Gasteiger partial charge in [0, 0.05) is 23.6 Å². The third-order valence-corrected chi connectivity index (χ3v) is 14.8. The number of nitrogens with one attached hydrogen (secondary N) is 2. The fourth-order valence-corrected chi connectivity index (χ4v) is 10.1. The first-order valence-electron chi connectivity index (χ1n) is 20.8. The van der Waals surface area contributed by atoms with Crippen LogP contribution >= 0.6 is 0 Å². The third-order valence-electron chi connectivity index (χ3n) is 12.7. The fraction of sp³-hybridized carbons (Fsp3) is 0.651. The number of hydrogen-bond donors (Lipinski definition) is 2. The molecule has 2 N–H and O–H groups in total. The summed E-state index contributed by atoms with van der Waals surface area (Å²) >= 11 is 0. The summed E-state index contributed by atoms with van der Waals surface area (Å²) in [6.07, 6.45) is 6.02. The minimum absolute atomic E-state index is 0.0523. The Kier molecular flexibility index (Phi) is 11.3. The van der Waals surface area contributed by atoms with Crippen molar-refractivity contribution in [1.82, 2.24) is 19.9 Å². The van der Waals surface area contributed by atoms with Gasteiger partial charge in [-0.2, -0.15) is 0 Å². The summed E-state index contributed by atoms with van der Waals surface area (Å²) in [4.78, 5) is 62.7. The Hall–Kier alpha value is -4.34. The zero-order valence-electron chi connectivity index (χ0n) is 34.7. The van der Waals surface area contributed by atoms with Gasteiger partial charge in [-0.3, -0.25) is 23.9 Å². The average molecular weight is 843 g/mol. The smallest absolute Gasteiger partial charge is 0.306 e. The molecule has 3 amide bonds. The average Bonchev–Trinajstić information content (AvgIpc) is 4.06. The summed E-state index contributed by atoms with van der Waals surface area (Å²) in [7, 11) is -2.64. The van der Waals surface area contributed by atoms with Gasteiger partial charge in [0.2, 0.25) is 21.8 Å². The first kappa shape index (κ1) is 42.8. The Morgan fingerprint density at radius 2 is 1.85 bits per heavy atom. The van der Waals surface area contributed by atoms with Crippen LogP contribution in [-0.2, 0) is 39.9 Å². The number of carbonyl (C=O) groups is 4. The summed E-state index contributed by atoms with van der Waals surface area (Å²) in [6, 6.07) is 3.34. The van der Waals surface area contributed by atoms with Crippen LogP contribution in [0.1, 0.15) is 122 Å². The zero-order chi connectivity index (χ0) is 42.7. The van der Waals surface area contributed by atoms with Crippen LogP contribution in [0.2, 0.25) is 0 Å². The van der Waals surface area contributed by atoms with E-state index in [9.17, 15) is 27.6 Å². The standard InChI is InChI=1S/C43H56F2N4O9S/c1-25(2)22-57-33(50)18-27-12-10-8-7-9-11-13-28-20-42(28,39(53)48-59(54,55)40(5)16-17-40)47-37(51)32-21-41(24-49(32)38(27)52)23-43(44,45)34-30-19-29(56-6)14-15-31(30)46-35(26(3)4)36(34)58-41/h11,13-15,19,25-28,32H,7-10,12,16-18,20-24H2,1-6H3,(H,47,51)(H,48,53)/b13-11-/t27-,28-,32+,41+,42-/m1/s1. The van der Waals surface area contributed by atoms with E-state index in [0.717, 1.165) is 6.42 Å². The zero-order valence-corrected chi connectivity index (χ0v) is 35.5. The summed E-state index contributed by atoms with van der Waals surface area (Å²) in [5.74, 6) is -7.95. The van der Waals surface area contributed by atoms with Crippen molar-refractivity contribution in [3.63, 3.8) is 0 Å². The van der Waals surface area contributed by atoms with Gasteiger partial charge in [-0.1, -0.05) is 52.7 Å². The van der Waals surface area contributed by atoms with E-state index in [1.54, 1.807) is 25.1 Å². The van der Waals surface area contributed by atoms with Crippen LogP contribution in [0.25, 0.3) is 10.9 Å². The highest BCUT2D eigenvalue weighted by Crippen LogP contribution is 2.56. The van der Waals surface area contributed by atoms with Gasteiger partial charge in [0.25, 0.3) is 11.8 Å². The van der Waals surface area contributed by atoms with E-state index >= 15 is 8.78 Å². The van der Waals surface area contributed by atoms with E-state index in [4.69, 9.17) is 19.2 Å². The highest BCUT2D eigenvalue weighted by atomic mass is 32.2. The van der Waals surface area contributed by atoms with Gasteiger partial charge >= 0.3 is 5.97 Å². The number of hydrogen-bond acceptors (Lipinski definition) is 10. The van der Waals surface area contributed by atoms with Crippen LogP contribution in [0.5, 0.6) is 11.5 Å². The molecule has 322 valence electrons. The van der Waals surface area contributed by atoms with Gasteiger partial charge < -0.3 is 24.4 Å². The van der Waals surface area contributed by atoms with E-state index in [1.165, 1.54) is 18.1 Å². The SMILES string of the molecule is COc1ccc2nc(C(C)C)c3c(c2c1)C(F)(F)C[C@]1(C[C@H]2C(=O)N[C@]4(C(=O)NS(=O)(=O)C5(C)CC5)C[C@H]4/C=C\CCCCC[C@H](CC(=O)OCC(C)C)C(=O)N2C1)O3. The van der Waals surface area contributed by atoms with Gasteiger partial charge in [0.1, 0.15) is 22.9 Å². The van der Waals surface area contributed by atoms with Crippen LogP contribution in [0.3, 0.4) is 0 Å². The summed E-state index contributed by atoms with van der Waals surface area (Å²) in [5.41, 5.74) is -3.18. The molecule has 13 nitrogen and oxygen atoms in total. The van der Waals surface area contributed by atoms with Gasteiger partial charge in [-0.25, -0.2) is 22.2 Å². The molecule has 1 aromatic heterocycles. The van der Waals surface area contributed by atoms with Crippen LogP contribution in [-0.4, -0.2) is 84.2 Å². The number of alkyl halides is 2. The van der Waals surface area contributed by atoms with Gasteiger partial charge in [0.05, 0.1) is 54.6 Å². The van der Waals surface area contributed by atoms with Crippen molar-refractivity contribution in [2.45, 2.75) is 139 Å². The molecule has 0 unspecified atom stereocenters. The Morgan fingerprint density at radius 1 is 1.10 bits per heavy atom. The molecule has 2 saturated carbocycles. The topological polar surface area (TPSA) is 170 Å². The molecule has 2 aromatic rings. The molecular formula is C43H56F2N4O9S. The lowest BCUT2D eigenvalue weighted by Crippen LogP contribution is -2.57. The Labute approximate surface area is 344 Å². The van der Waals surface area contributed by atoms with Crippen LogP contribution in [0.15, 0.2) is 30.4 Å². The van der Waals surface area contributed by atoms with Crippen molar-refractivity contribution in [3.05, 3.63) is 41.6 Å². The van der Waals surface area contributed by atoms with Crippen molar-refractivity contribution < 1.29 is 50.6 Å². The quantitative estimate of drug-likeness (QED) is 0.220. The predicted molar refractivity (Wildman–Crippen MR) is 214 cm³/mol. The summed E-state index contributed by atoms with van der Waals surface area (Å²) in [5, 5.41) is 2.97. The molecule has 1 spiro atoms. The van der Waals surface area contributed by atoms with Crippen molar-refractivity contribution in [3.8, 4) is 11.5 Å². The Bertz CT molecular complexity index is 2170. The number of nitrogens with zero attached hydrogens (tertiary/aromatic N) is 2. The number of sulfonamides is 1. The first-order chi connectivity index (χ1) is 27.7. The minimum Gasteiger partial charge on any atom is -0.497 e. The summed E-state index contributed by atoms with van der Waals surface area (Å²) < 4.78 is 79.3. The van der Waals surface area contributed by atoms with Crippen molar-refractivity contribution in [1.29, 1.82) is 0 Å². The normalized spacial score (nSPS) is 29.3. The molecule has 4 heterocycles. The number of ether oxygens (including phenoxy) is 3. The van der Waals surface area contributed by atoms with Gasteiger partial charge in [0.15, 0.2) is 5.75 Å². The van der Waals surface area contributed by atoms with Crippen molar-refractivity contribution in [2.24, 2.45) is 17.8 Å². The van der Waals surface area contributed by atoms with E-state index in [-0.39, 0.29) is 66.5 Å². The molecule has 16 heteroatoms. The number of fused-ring (bicyclic) bond motifs is 5. The second kappa shape index (κ2) is 15.6. The highest BCUT2D eigenvalue weighted by Gasteiger charge is 2.65. The second-order valence-corrected chi connectivity index (χ2v) is 20.5. The van der Waals surface area contributed by atoms with Crippen LogP contribution in [0, 0.1) is 17.8 Å². The lowest BCUT2D eigenvalue weighted by atomic mass is 9.83. The number of rotatable bonds is 9. The number of pyridine rings is 1. The van der Waals surface area contributed by atoms with E-state index in [0.29, 0.717) is 43.4 Å². The second-order valence-electron chi connectivity index (χ2n) is 18.3. The van der Waals surface area contributed by atoms with Crippen molar-refractivity contribution in [2.75, 3.05) is 20.3 Å². The third kappa shape index (κ3) is 8.26. The maximum Gasteiger partial charge on any atom is 0.306 e. The fourth-order valence-electron chi connectivity index (χ4n) is 8.81. The summed E-state index contributed by atoms with van der Waals surface area (Å²) in [6.45, 7) is 8.69. The Morgan fingerprint density at radius 3 is 2.53 bits per heavy atom. The number of amides is 3. The largest absolute Gasteiger partial charge is 0.497 e. The van der Waals surface area contributed by atoms with Crippen molar-refractivity contribution >= 4 is 44.6 Å². The number of aromatic nitrogens is 1. The van der Waals surface area contributed by atoms with E-state index < -0.39 is 86.4 Å². The lowest BCUT2D eigenvalue weighted by Gasteiger charge is -2.41. The molecule has 1 saturated heterocycles. The van der Waals surface area contributed by atoms with Crippen LogP contribution in [0.4, 0.5) is 8.78 Å². The molecule has 3 aliphatic heterocycles. The van der Waals surface area contributed by atoms with E-state index in [2.05, 4.69) is 10.0 Å². The minimum atomic E-state index is -4.08. The number of carbonyl (C=O) groups excluding carboxylic acids is 4. The number of benzene rings is 1.